The predicted molar refractivity (Wildman–Crippen MR) is 97.5 cm³/mol. The van der Waals surface area contributed by atoms with Crippen molar-refractivity contribution in [2.24, 2.45) is 5.92 Å². The summed E-state index contributed by atoms with van der Waals surface area (Å²) in [6.45, 7) is 3.87. The maximum absolute atomic E-state index is 12.1. The van der Waals surface area contributed by atoms with Gasteiger partial charge in [-0.15, -0.1) is 0 Å². The molecule has 1 saturated heterocycles. The minimum Gasteiger partial charge on any atom is -0.496 e. The molecule has 0 amide bonds. The van der Waals surface area contributed by atoms with Crippen LogP contribution in [-0.2, 0) is 13.1 Å². The van der Waals surface area contributed by atoms with Crippen LogP contribution in [0.3, 0.4) is 0 Å². The van der Waals surface area contributed by atoms with Crippen LogP contribution in [0.2, 0.25) is 0 Å². The highest BCUT2D eigenvalue weighted by atomic mass is 79.9. The molecule has 1 fully saturated rings. The third-order valence-electron chi connectivity index (χ3n) is 5.18. The van der Waals surface area contributed by atoms with Gasteiger partial charge in [0.25, 0.3) is 5.56 Å². The van der Waals surface area contributed by atoms with Gasteiger partial charge in [0.2, 0.25) is 0 Å². The third kappa shape index (κ3) is 2.91. The lowest BCUT2D eigenvalue weighted by molar-refractivity contribution is 0.114. The molecule has 0 saturated carbocycles. The van der Waals surface area contributed by atoms with Crippen molar-refractivity contribution in [1.29, 1.82) is 0 Å². The molecule has 24 heavy (non-hydrogen) atoms. The van der Waals surface area contributed by atoms with Crippen LogP contribution in [0.1, 0.15) is 23.6 Å². The summed E-state index contributed by atoms with van der Waals surface area (Å²) in [5, 5.41) is 0. The summed E-state index contributed by atoms with van der Waals surface area (Å²) >= 11 is 3.57. The molecular formula is C19H21BrN2O2. The topological polar surface area (TPSA) is 34.5 Å². The monoisotopic (exact) mass is 388 g/mol. The lowest BCUT2D eigenvalue weighted by Crippen LogP contribution is -2.46. The largest absolute Gasteiger partial charge is 0.496 e. The normalized spacial score (nSPS) is 22.9. The SMILES string of the molecule is COc1ccc(CN2C[C@@H]3C[C@H](C2)c2cccc(=O)n2C3)cc1Br. The Bertz CT molecular complexity index is 817. The maximum Gasteiger partial charge on any atom is 0.250 e. The quantitative estimate of drug-likeness (QED) is 0.809. The fraction of sp³-hybridized carbons (Fsp3) is 0.421. The highest BCUT2D eigenvalue weighted by molar-refractivity contribution is 9.10. The van der Waals surface area contributed by atoms with E-state index in [-0.39, 0.29) is 5.56 Å². The van der Waals surface area contributed by atoms with Crippen LogP contribution in [-0.4, -0.2) is 29.7 Å². The second kappa shape index (κ2) is 6.37. The van der Waals surface area contributed by atoms with Crippen LogP contribution < -0.4 is 10.3 Å². The number of nitrogens with zero attached hydrogens (tertiary/aromatic N) is 2. The Hall–Kier alpha value is -1.59. The lowest BCUT2D eigenvalue weighted by Gasteiger charge is -2.42. The first-order valence-corrected chi connectivity index (χ1v) is 9.18. The Morgan fingerprint density at radius 3 is 2.88 bits per heavy atom. The van der Waals surface area contributed by atoms with E-state index in [0.717, 1.165) is 36.4 Å². The molecule has 5 heteroatoms. The molecule has 1 aromatic heterocycles. The van der Waals surface area contributed by atoms with Gasteiger partial charge in [-0.05, 0) is 52.0 Å². The van der Waals surface area contributed by atoms with Crippen molar-refractivity contribution in [3.05, 3.63) is 62.5 Å². The first-order chi connectivity index (χ1) is 11.6. The molecule has 0 spiro atoms. The highest BCUT2D eigenvalue weighted by Gasteiger charge is 2.34. The molecular weight excluding hydrogens is 368 g/mol. The van der Waals surface area contributed by atoms with E-state index in [2.05, 4.69) is 39.0 Å². The number of pyridine rings is 1. The fourth-order valence-corrected chi connectivity index (χ4v) is 4.78. The summed E-state index contributed by atoms with van der Waals surface area (Å²) in [6, 6.07) is 12.0. The smallest absolute Gasteiger partial charge is 0.250 e. The Morgan fingerprint density at radius 1 is 1.21 bits per heavy atom. The number of halogens is 1. The molecule has 2 atom stereocenters. The minimum absolute atomic E-state index is 0.148. The molecule has 0 N–H and O–H groups in total. The number of ether oxygens (including phenoxy) is 1. The number of hydrogen-bond donors (Lipinski definition) is 0. The standard InChI is InChI=1S/C19H21BrN2O2/c1-24-18-6-5-13(8-16(18)20)9-21-10-14-7-15(12-21)17-3-2-4-19(23)22(17)11-14/h2-6,8,14-15H,7,9-12H2,1H3/t14-,15+/m0/s1. The Morgan fingerprint density at radius 2 is 2.08 bits per heavy atom. The zero-order valence-corrected chi connectivity index (χ0v) is 15.3. The van der Waals surface area contributed by atoms with Gasteiger partial charge in [-0.1, -0.05) is 12.1 Å². The van der Waals surface area contributed by atoms with E-state index in [0.29, 0.717) is 11.8 Å². The lowest BCUT2D eigenvalue weighted by atomic mass is 9.83. The van der Waals surface area contributed by atoms with Gasteiger partial charge in [-0.3, -0.25) is 9.69 Å². The summed E-state index contributed by atoms with van der Waals surface area (Å²) in [5.41, 5.74) is 2.64. The van der Waals surface area contributed by atoms with Gasteiger partial charge >= 0.3 is 0 Å². The average molecular weight is 389 g/mol. The van der Waals surface area contributed by atoms with Gasteiger partial charge in [-0.25, -0.2) is 0 Å². The van der Waals surface area contributed by atoms with Gasteiger partial charge in [0, 0.05) is 43.9 Å². The summed E-state index contributed by atoms with van der Waals surface area (Å²) in [6.07, 6.45) is 1.20. The second-order valence-corrected chi connectivity index (χ2v) is 7.72. The van der Waals surface area contributed by atoms with Crippen molar-refractivity contribution in [2.75, 3.05) is 20.2 Å². The molecule has 126 valence electrons. The molecule has 1 aromatic carbocycles. The highest BCUT2D eigenvalue weighted by Crippen LogP contribution is 2.35. The summed E-state index contributed by atoms with van der Waals surface area (Å²) in [7, 11) is 1.69. The van der Waals surface area contributed by atoms with Gasteiger partial charge in [0.05, 0.1) is 11.6 Å². The maximum atomic E-state index is 12.1. The average Bonchev–Trinajstić information content (AvgIpc) is 2.56. The van der Waals surface area contributed by atoms with E-state index in [4.69, 9.17) is 4.74 Å². The molecule has 4 rings (SSSR count). The molecule has 3 heterocycles. The van der Waals surface area contributed by atoms with Crippen molar-refractivity contribution in [3.8, 4) is 5.75 Å². The van der Waals surface area contributed by atoms with E-state index in [1.165, 1.54) is 17.7 Å². The first kappa shape index (κ1) is 15.9. The molecule has 0 unspecified atom stereocenters. The molecule has 4 nitrogen and oxygen atoms in total. The van der Waals surface area contributed by atoms with E-state index in [1.54, 1.807) is 13.2 Å². The fourth-order valence-electron chi connectivity index (χ4n) is 4.19. The van der Waals surface area contributed by atoms with Crippen LogP contribution in [0.15, 0.2) is 45.7 Å². The zero-order valence-electron chi connectivity index (χ0n) is 13.7. The van der Waals surface area contributed by atoms with E-state index < -0.39 is 0 Å². The zero-order chi connectivity index (χ0) is 16.7. The van der Waals surface area contributed by atoms with Crippen molar-refractivity contribution < 1.29 is 4.74 Å². The van der Waals surface area contributed by atoms with Crippen molar-refractivity contribution in [1.82, 2.24) is 9.47 Å². The third-order valence-corrected chi connectivity index (χ3v) is 5.80. The van der Waals surface area contributed by atoms with Gasteiger partial charge in [0.1, 0.15) is 5.75 Å². The number of aromatic nitrogens is 1. The van der Waals surface area contributed by atoms with Crippen molar-refractivity contribution in [2.45, 2.75) is 25.4 Å². The van der Waals surface area contributed by atoms with Crippen LogP contribution in [0.4, 0.5) is 0 Å². The van der Waals surface area contributed by atoms with Crippen molar-refractivity contribution in [3.63, 3.8) is 0 Å². The van der Waals surface area contributed by atoms with E-state index in [1.807, 2.05) is 16.7 Å². The van der Waals surface area contributed by atoms with Crippen LogP contribution >= 0.6 is 15.9 Å². The van der Waals surface area contributed by atoms with Crippen LogP contribution in [0.25, 0.3) is 0 Å². The van der Waals surface area contributed by atoms with Gasteiger partial charge < -0.3 is 9.30 Å². The number of hydrogen-bond acceptors (Lipinski definition) is 3. The van der Waals surface area contributed by atoms with Gasteiger partial charge in [0.15, 0.2) is 0 Å². The van der Waals surface area contributed by atoms with E-state index >= 15 is 0 Å². The Labute approximate surface area is 150 Å². The summed E-state index contributed by atoms with van der Waals surface area (Å²) in [5.74, 6) is 1.90. The molecule has 2 aliphatic heterocycles. The molecule has 2 aromatic rings. The number of rotatable bonds is 3. The molecule has 0 aliphatic carbocycles. The number of methoxy groups -OCH3 is 1. The number of fused-ring (bicyclic) bond motifs is 4. The second-order valence-electron chi connectivity index (χ2n) is 6.86. The minimum atomic E-state index is 0.148. The summed E-state index contributed by atoms with van der Waals surface area (Å²) < 4.78 is 8.29. The number of likely N-dealkylation sites (tertiary alicyclic amines) is 1. The van der Waals surface area contributed by atoms with E-state index in [9.17, 15) is 4.79 Å². The van der Waals surface area contributed by atoms with Crippen molar-refractivity contribution >= 4 is 15.9 Å². The molecule has 0 radical (unpaired) electrons. The first-order valence-electron chi connectivity index (χ1n) is 8.38. The van der Waals surface area contributed by atoms with Crippen LogP contribution in [0.5, 0.6) is 5.75 Å². The Kier molecular flexibility index (Phi) is 4.22. The number of piperidine rings is 1. The summed E-state index contributed by atoms with van der Waals surface area (Å²) in [4.78, 5) is 14.6. The molecule has 2 aliphatic rings. The molecule has 2 bridgehead atoms. The number of benzene rings is 1. The van der Waals surface area contributed by atoms with Gasteiger partial charge in [-0.2, -0.15) is 0 Å². The Balaban J connectivity index is 1.54. The van der Waals surface area contributed by atoms with Crippen LogP contribution in [0, 0.1) is 5.92 Å². The predicted octanol–water partition coefficient (Wildman–Crippen LogP) is 3.24.